The van der Waals surface area contributed by atoms with Crippen molar-refractivity contribution in [1.82, 2.24) is 9.88 Å². The van der Waals surface area contributed by atoms with E-state index in [-0.39, 0.29) is 11.8 Å². The SMILES string of the molecule is COCCn1cccc1C(=O)N[C@@H](CC(C)C)C(=O)O. The summed E-state index contributed by atoms with van der Waals surface area (Å²) >= 11 is 0. The third-order valence-electron chi connectivity index (χ3n) is 2.91. The molecule has 1 amide bonds. The van der Waals surface area contributed by atoms with Crippen LogP contribution in [0.3, 0.4) is 0 Å². The number of carbonyl (C=O) groups is 2. The molecule has 0 aromatic carbocycles. The van der Waals surface area contributed by atoms with E-state index in [0.717, 1.165) is 0 Å². The molecule has 0 aliphatic rings. The molecule has 0 fully saturated rings. The number of nitrogens with one attached hydrogen (secondary N) is 1. The van der Waals surface area contributed by atoms with E-state index in [1.807, 2.05) is 13.8 Å². The lowest BCUT2D eigenvalue weighted by Crippen LogP contribution is -2.42. The highest BCUT2D eigenvalue weighted by molar-refractivity contribution is 5.95. The molecule has 0 aliphatic carbocycles. The predicted molar refractivity (Wildman–Crippen MR) is 74.7 cm³/mol. The highest BCUT2D eigenvalue weighted by Crippen LogP contribution is 2.08. The number of nitrogens with zero attached hydrogens (tertiary/aromatic N) is 1. The Balaban J connectivity index is 2.73. The Morgan fingerprint density at radius 1 is 1.45 bits per heavy atom. The molecular formula is C14H22N2O4. The number of methoxy groups -OCH3 is 1. The van der Waals surface area contributed by atoms with Crippen LogP contribution in [0.4, 0.5) is 0 Å². The van der Waals surface area contributed by atoms with Gasteiger partial charge in [0.25, 0.3) is 5.91 Å². The Labute approximate surface area is 118 Å². The van der Waals surface area contributed by atoms with Gasteiger partial charge < -0.3 is 19.7 Å². The standard InChI is InChI=1S/C14H22N2O4/c1-10(2)9-11(14(18)19)15-13(17)12-5-4-6-16(12)7-8-20-3/h4-6,10-11H,7-9H2,1-3H3,(H,15,17)(H,18,19)/t11-/m0/s1. The summed E-state index contributed by atoms with van der Waals surface area (Å²) in [7, 11) is 1.59. The summed E-state index contributed by atoms with van der Waals surface area (Å²) in [6, 6.07) is 2.55. The van der Waals surface area contributed by atoms with Gasteiger partial charge in [0, 0.05) is 19.9 Å². The maximum atomic E-state index is 12.2. The van der Waals surface area contributed by atoms with Gasteiger partial charge in [-0.2, -0.15) is 0 Å². The minimum Gasteiger partial charge on any atom is -0.480 e. The van der Waals surface area contributed by atoms with Crippen LogP contribution in [0.5, 0.6) is 0 Å². The second-order valence-corrected chi connectivity index (χ2v) is 5.07. The van der Waals surface area contributed by atoms with Crippen molar-refractivity contribution < 1.29 is 19.4 Å². The van der Waals surface area contributed by atoms with Crippen molar-refractivity contribution >= 4 is 11.9 Å². The molecule has 1 atom stereocenters. The maximum absolute atomic E-state index is 12.2. The van der Waals surface area contributed by atoms with E-state index in [1.54, 1.807) is 30.0 Å². The summed E-state index contributed by atoms with van der Waals surface area (Å²) < 4.78 is 6.72. The minimum absolute atomic E-state index is 0.191. The zero-order valence-electron chi connectivity index (χ0n) is 12.1. The van der Waals surface area contributed by atoms with Crippen LogP contribution in [0.2, 0.25) is 0 Å². The van der Waals surface area contributed by atoms with Crippen molar-refractivity contribution in [2.75, 3.05) is 13.7 Å². The number of carboxylic acid groups (broad SMARTS) is 1. The van der Waals surface area contributed by atoms with Crippen LogP contribution in [0.25, 0.3) is 0 Å². The number of carbonyl (C=O) groups excluding carboxylic acids is 1. The van der Waals surface area contributed by atoms with E-state index in [2.05, 4.69) is 5.32 Å². The lowest BCUT2D eigenvalue weighted by Gasteiger charge is -2.17. The van der Waals surface area contributed by atoms with Gasteiger partial charge in [-0.1, -0.05) is 13.8 Å². The van der Waals surface area contributed by atoms with E-state index in [1.165, 1.54) is 0 Å². The first-order valence-electron chi connectivity index (χ1n) is 6.63. The first kappa shape index (κ1) is 16.2. The normalized spacial score (nSPS) is 12.4. The van der Waals surface area contributed by atoms with Crippen molar-refractivity contribution in [3.63, 3.8) is 0 Å². The van der Waals surface area contributed by atoms with Crippen LogP contribution in [-0.4, -0.2) is 41.3 Å². The summed E-state index contributed by atoms with van der Waals surface area (Å²) in [4.78, 5) is 23.3. The Hall–Kier alpha value is -1.82. The second-order valence-electron chi connectivity index (χ2n) is 5.07. The van der Waals surface area contributed by atoms with E-state index in [0.29, 0.717) is 25.3 Å². The zero-order valence-corrected chi connectivity index (χ0v) is 12.1. The largest absolute Gasteiger partial charge is 0.480 e. The number of hydrogen-bond acceptors (Lipinski definition) is 3. The first-order chi connectivity index (χ1) is 9.45. The van der Waals surface area contributed by atoms with Crippen LogP contribution in [0.1, 0.15) is 30.8 Å². The second kappa shape index (κ2) is 7.69. The number of carboxylic acids is 1. The molecule has 1 heterocycles. The quantitative estimate of drug-likeness (QED) is 0.754. The van der Waals surface area contributed by atoms with Gasteiger partial charge in [0.05, 0.1) is 6.61 Å². The number of rotatable bonds is 8. The van der Waals surface area contributed by atoms with Crippen LogP contribution in [0, 0.1) is 5.92 Å². The highest BCUT2D eigenvalue weighted by Gasteiger charge is 2.22. The van der Waals surface area contributed by atoms with Crippen molar-refractivity contribution in [3.05, 3.63) is 24.0 Å². The van der Waals surface area contributed by atoms with Crippen LogP contribution in [-0.2, 0) is 16.1 Å². The van der Waals surface area contributed by atoms with E-state index in [9.17, 15) is 9.59 Å². The molecule has 6 nitrogen and oxygen atoms in total. The van der Waals surface area contributed by atoms with E-state index >= 15 is 0 Å². The fourth-order valence-electron chi connectivity index (χ4n) is 1.93. The summed E-state index contributed by atoms with van der Waals surface area (Å²) in [5.74, 6) is -1.20. The fourth-order valence-corrected chi connectivity index (χ4v) is 1.93. The summed E-state index contributed by atoms with van der Waals surface area (Å²) in [5, 5.41) is 11.7. The molecule has 1 aromatic rings. The van der Waals surface area contributed by atoms with E-state index in [4.69, 9.17) is 9.84 Å². The van der Waals surface area contributed by atoms with Gasteiger partial charge in [0.2, 0.25) is 0 Å². The Morgan fingerprint density at radius 3 is 2.70 bits per heavy atom. The molecule has 0 aliphatic heterocycles. The molecule has 2 N–H and O–H groups in total. The molecule has 1 rings (SSSR count). The van der Waals surface area contributed by atoms with Crippen LogP contribution >= 0.6 is 0 Å². The molecule has 6 heteroatoms. The van der Waals surface area contributed by atoms with Crippen LogP contribution < -0.4 is 5.32 Å². The fraction of sp³-hybridized carbons (Fsp3) is 0.571. The van der Waals surface area contributed by atoms with Gasteiger partial charge in [-0.05, 0) is 24.5 Å². The van der Waals surface area contributed by atoms with Crippen molar-refractivity contribution in [2.45, 2.75) is 32.9 Å². The lowest BCUT2D eigenvalue weighted by molar-refractivity contribution is -0.139. The molecule has 0 unspecified atom stereocenters. The number of aliphatic carboxylic acids is 1. The van der Waals surface area contributed by atoms with Gasteiger partial charge in [-0.15, -0.1) is 0 Å². The molecule has 0 spiro atoms. The zero-order chi connectivity index (χ0) is 15.1. The first-order valence-corrected chi connectivity index (χ1v) is 6.63. The third kappa shape index (κ3) is 4.70. The smallest absolute Gasteiger partial charge is 0.326 e. The average Bonchev–Trinajstić information content (AvgIpc) is 2.83. The predicted octanol–water partition coefficient (Wildman–Crippen LogP) is 1.36. The maximum Gasteiger partial charge on any atom is 0.326 e. The number of hydrogen-bond donors (Lipinski definition) is 2. The summed E-state index contributed by atoms with van der Waals surface area (Å²) in [5.41, 5.74) is 0.442. The van der Waals surface area contributed by atoms with Crippen molar-refractivity contribution in [2.24, 2.45) is 5.92 Å². The molecular weight excluding hydrogens is 260 g/mol. The van der Waals surface area contributed by atoms with Crippen molar-refractivity contribution in [3.8, 4) is 0 Å². The van der Waals surface area contributed by atoms with Crippen LogP contribution in [0.15, 0.2) is 18.3 Å². The molecule has 0 bridgehead atoms. The Kier molecular flexibility index (Phi) is 6.24. The summed E-state index contributed by atoms with van der Waals surface area (Å²) in [6.45, 7) is 4.88. The van der Waals surface area contributed by atoms with Gasteiger partial charge in [-0.25, -0.2) is 4.79 Å². The topological polar surface area (TPSA) is 80.6 Å². The number of ether oxygens (including phenoxy) is 1. The minimum atomic E-state index is -1.01. The van der Waals surface area contributed by atoms with Gasteiger partial charge in [-0.3, -0.25) is 4.79 Å². The molecule has 112 valence electrons. The highest BCUT2D eigenvalue weighted by atomic mass is 16.5. The number of amides is 1. The van der Waals surface area contributed by atoms with Gasteiger partial charge in [0.1, 0.15) is 11.7 Å². The molecule has 20 heavy (non-hydrogen) atoms. The Bertz CT molecular complexity index is 454. The van der Waals surface area contributed by atoms with E-state index < -0.39 is 12.0 Å². The molecule has 0 radical (unpaired) electrons. The number of aromatic nitrogens is 1. The summed E-state index contributed by atoms with van der Waals surface area (Å²) in [6.07, 6.45) is 2.17. The lowest BCUT2D eigenvalue weighted by atomic mass is 10.0. The van der Waals surface area contributed by atoms with Crippen molar-refractivity contribution in [1.29, 1.82) is 0 Å². The monoisotopic (exact) mass is 282 g/mol. The van der Waals surface area contributed by atoms with Gasteiger partial charge in [0.15, 0.2) is 0 Å². The molecule has 0 saturated heterocycles. The Morgan fingerprint density at radius 2 is 2.15 bits per heavy atom. The third-order valence-corrected chi connectivity index (χ3v) is 2.91. The van der Waals surface area contributed by atoms with Gasteiger partial charge >= 0.3 is 5.97 Å². The molecule has 1 aromatic heterocycles. The molecule has 0 saturated carbocycles. The average molecular weight is 282 g/mol.